The number of halogens is 6. The van der Waals surface area contributed by atoms with Crippen molar-refractivity contribution in [2.45, 2.75) is 25.1 Å². The van der Waals surface area contributed by atoms with Gasteiger partial charge < -0.3 is 0 Å². The number of alkyl halides is 3. The summed E-state index contributed by atoms with van der Waals surface area (Å²) in [6.07, 6.45) is -2.17. The number of amides is 2. The number of carbonyl (C=O) groups is 2. The Morgan fingerprint density at radius 3 is 2.11 bits per heavy atom. The summed E-state index contributed by atoms with van der Waals surface area (Å²) in [5, 5.41) is -0.356. The Hall–Kier alpha value is -3.89. The fraction of sp³-hybridized carbons (Fsp3) is 0.208. The smallest absolute Gasteiger partial charge is 0.272 e. The monoisotopic (exact) mass is 493 g/mol. The molecule has 1 aliphatic carbocycles. The fourth-order valence-electron chi connectivity index (χ4n) is 3.91. The van der Waals surface area contributed by atoms with Gasteiger partial charge in [-0.1, -0.05) is 16.6 Å². The van der Waals surface area contributed by atoms with Crippen molar-refractivity contribution >= 4 is 23.2 Å². The van der Waals surface area contributed by atoms with Crippen LogP contribution in [-0.2, 0) is 4.79 Å². The van der Waals surface area contributed by atoms with Crippen LogP contribution in [0.1, 0.15) is 34.7 Å². The van der Waals surface area contributed by atoms with Gasteiger partial charge in [0.25, 0.3) is 11.8 Å². The molecule has 0 spiro atoms. The predicted molar refractivity (Wildman–Crippen MR) is 114 cm³/mol. The molecule has 1 aromatic heterocycles. The molecule has 0 atom stereocenters. The van der Waals surface area contributed by atoms with E-state index in [1.54, 1.807) is 0 Å². The lowest BCUT2D eigenvalue weighted by Gasteiger charge is -2.35. The van der Waals surface area contributed by atoms with Crippen LogP contribution in [0.2, 0.25) is 0 Å². The largest absolute Gasteiger partial charge is 0.491 e. The molecular formula is C24H17F6N3O2. The zero-order valence-corrected chi connectivity index (χ0v) is 17.8. The Balaban J connectivity index is 1.44. The van der Waals surface area contributed by atoms with Gasteiger partial charge >= 0.3 is 6.30 Å². The highest BCUT2D eigenvalue weighted by Gasteiger charge is 2.43. The first-order valence-corrected chi connectivity index (χ1v) is 10.4. The van der Waals surface area contributed by atoms with Gasteiger partial charge in [-0.3, -0.25) is 14.6 Å². The van der Waals surface area contributed by atoms with E-state index in [9.17, 15) is 36.0 Å². The summed E-state index contributed by atoms with van der Waals surface area (Å²) >= 11 is 0. The lowest BCUT2D eigenvalue weighted by molar-refractivity contribution is -0.128. The number of rotatable bonds is 5. The van der Waals surface area contributed by atoms with Crippen LogP contribution < -0.4 is 10.0 Å². The van der Waals surface area contributed by atoms with E-state index in [1.807, 2.05) is 0 Å². The molecule has 1 saturated carbocycles. The van der Waals surface area contributed by atoms with Gasteiger partial charge in [0.05, 0.1) is 5.69 Å². The molecule has 0 aliphatic heterocycles. The van der Waals surface area contributed by atoms with Gasteiger partial charge in [-0.2, -0.15) is 0 Å². The third kappa shape index (κ3) is 4.98. The van der Waals surface area contributed by atoms with Gasteiger partial charge in [-0.05, 0) is 60.7 Å². The maximum Gasteiger partial charge on any atom is 0.491 e. The molecule has 0 radical (unpaired) electrons. The molecule has 2 aromatic carbocycles. The highest BCUT2D eigenvalue weighted by atomic mass is 19.4. The van der Waals surface area contributed by atoms with Crippen LogP contribution in [0.5, 0.6) is 0 Å². The molecule has 1 fully saturated rings. The third-order valence-electron chi connectivity index (χ3n) is 5.81. The van der Waals surface area contributed by atoms with Crippen molar-refractivity contribution in [1.29, 1.82) is 0 Å². The Morgan fingerprint density at radius 1 is 0.914 bits per heavy atom. The topological polar surface area (TPSA) is 53.5 Å². The summed E-state index contributed by atoms with van der Waals surface area (Å²) in [7, 11) is 0. The number of aromatic nitrogens is 1. The highest BCUT2D eigenvalue weighted by molar-refractivity contribution is 6.06. The molecule has 2 amide bonds. The fourth-order valence-corrected chi connectivity index (χ4v) is 3.91. The summed E-state index contributed by atoms with van der Waals surface area (Å²) in [6.45, 7) is 0. The van der Waals surface area contributed by atoms with E-state index in [0.717, 1.165) is 24.3 Å². The van der Waals surface area contributed by atoms with Crippen LogP contribution in [-0.4, -0.2) is 23.1 Å². The number of anilines is 2. The van der Waals surface area contributed by atoms with E-state index in [2.05, 4.69) is 4.98 Å². The normalized spacial score (nSPS) is 17.4. The number of hydrogen-bond acceptors (Lipinski definition) is 3. The molecule has 5 nitrogen and oxygen atoms in total. The first kappa shape index (κ1) is 24.2. The Morgan fingerprint density at radius 2 is 1.54 bits per heavy atom. The number of pyridine rings is 1. The molecule has 4 rings (SSSR count). The number of nitrogens with zero attached hydrogens (tertiary/aromatic N) is 3. The Kier molecular flexibility index (Phi) is 6.51. The summed E-state index contributed by atoms with van der Waals surface area (Å²) < 4.78 is 82.1. The van der Waals surface area contributed by atoms with Crippen molar-refractivity contribution in [3.8, 4) is 0 Å². The second-order valence-corrected chi connectivity index (χ2v) is 8.02. The molecule has 11 heteroatoms. The second-order valence-electron chi connectivity index (χ2n) is 8.02. The summed E-state index contributed by atoms with van der Waals surface area (Å²) in [5.41, 5.74) is -0.670. The zero-order chi connectivity index (χ0) is 25.3. The Labute approximate surface area is 195 Å². The van der Waals surface area contributed by atoms with Gasteiger partial charge in [-0.25, -0.2) is 13.7 Å². The van der Waals surface area contributed by atoms with Crippen molar-refractivity contribution < 1.29 is 36.0 Å². The van der Waals surface area contributed by atoms with Crippen molar-refractivity contribution in [2.75, 3.05) is 10.0 Å². The second kappa shape index (κ2) is 9.40. The van der Waals surface area contributed by atoms with E-state index in [4.69, 9.17) is 0 Å². The first-order chi connectivity index (χ1) is 16.6. The Bertz CT molecular complexity index is 1230. The van der Waals surface area contributed by atoms with Gasteiger partial charge in [0, 0.05) is 29.9 Å². The van der Waals surface area contributed by atoms with E-state index >= 15 is 0 Å². The molecule has 1 heterocycles. The summed E-state index contributed by atoms with van der Waals surface area (Å²) in [6, 6.07) is 9.56. The van der Waals surface area contributed by atoms with Crippen molar-refractivity contribution in [3.63, 3.8) is 0 Å². The lowest BCUT2D eigenvalue weighted by Crippen LogP contribution is -2.43. The number of hydrogen-bond donors (Lipinski definition) is 0. The van der Waals surface area contributed by atoms with Crippen LogP contribution in [0.15, 0.2) is 67.0 Å². The minimum Gasteiger partial charge on any atom is -0.272 e. The van der Waals surface area contributed by atoms with Gasteiger partial charge in [0.2, 0.25) is 0 Å². The average Bonchev–Trinajstić information content (AvgIpc) is 2.78. The van der Waals surface area contributed by atoms with Crippen molar-refractivity contribution in [1.82, 2.24) is 4.98 Å². The average molecular weight is 493 g/mol. The molecular weight excluding hydrogens is 476 g/mol. The van der Waals surface area contributed by atoms with Crippen LogP contribution in [0, 0.1) is 17.6 Å². The maximum absolute atomic E-state index is 14.4. The molecule has 1 aliphatic rings. The maximum atomic E-state index is 14.4. The number of carbonyl (C=O) groups excluding carboxylic acids is 2. The van der Waals surface area contributed by atoms with E-state index in [-0.39, 0.29) is 34.3 Å². The zero-order valence-electron chi connectivity index (χ0n) is 17.8. The van der Waals surface area contributed by atoms with Crippen LogP contribution >= 0.6 is 0 Å². The minimum atomic E-state index is -4.98. The molecule has 0 saturated heterocycles. The van der Waals surface area contributed by atoms with Crippen LogP contribution in [0.3, 0.4) is 0 Å². The molecule has 3 aromatic rings. The minimum absolute atomic E-state index is 0.185. The van der Waals surface area contributed by atoms with Crippen molar-refractivity contribution in [2.24, 2.45) is 5.92 Å². The third-order valence-corrected chi connectivity index (χ3v) is 5.81. The van der Waals surface area contributed by atoms with E-state index in [0.29, 0.717) is 11.6 Å². The quantitative estimate of drug-likeness (QED) is 0.251. The summed E-state index contributed by atoms with van der Waals surface area (Å²) in [5.74, 6) is -5.39. The van der Waals surface area contributed by atoms with Gasteiger partial charge in [-0.15, -0.1) is 18.3 Å². The molecule has 0 N–H and O–H groups in total. The molecule has 35 heavy (non-hydrogen) atoms. The summed E-state index contributed by atoms with van der Waals surface area (Å²) in [4.78, 5) is 28.2. The van der Waals surface area contributed by atoms with E-state index < -0.39 is 47.0 Å². The molecule has 0 bridgehead atoms. The molecule has 182 valence electrons. The lowest BCUT2D eigenvalue weighted by atomic mass is 9.71. The first-order valence-electron chi connectivity index (χ1n) is 10.4. The SMILES string of the molecule is O=C(C1CC(c2ccc(N(C(=O)c3ccncc3)C(F)(F)F)cc2)C1)N(F)c1ccc(F)cc1F. The number of benzene rings is 2. The van der Waals surface area contributed by atoms with Crippen molar-refractivity contribution in [3.05, 3.63) is 89.8 Å². The van der Waals surface area contributed by atoms with Gasteiger partial charge in [0.15, 0.2) is 5.82 Å². The predicted octanol–water partition coefficient (Wildman–Crippen LogP) is 5.94. The van der Waals surface area contributed by atoms with Gasteiger partial charge in [0.1, 0.15) is 11.5 Å². The standard InChI is InChI=1S/C24H17F6N3O2/c25-18-3-6-21(20(26)13-18)33(30)23(35)17-11-16(12-17)14-1-4-19(5-2-14)32(24(27,28)29)22(34)15-7-9-31-10-8-15/h1-10,13,16-17H,11-12H2. The highest BCUT2D eigenvalue weighted by Crippen LogP contribution is 2.44. The van der Waals surface area contributed by atoms with E-state index in [1.165, 1.54) is 36.7 Å². The van der Waals surface area contributed by atoms with Crippen LogP contribution in [0.4, 0.5) is 37.8 Å². The van der Waals surface area contributed by atoms with Crippen LogP contribution in [0.25, 0.3) is 0 Å². The molecule has 0 unspecified atom stereocenters.